The van der Waals surface area contributed by atoms with E-state index in [9.17, 15) is 14.4 Å². The molecule has 0 aliphatic carbocycles. The molecule has 2 heterocycles. The van der Waals surface area contributed by atoms with Crippen LogP contribution < -0.4 is 10.2 Å². The topological polar surface area (TPSA) is 106 Å². The van der Waals surface area contributed by atoms with Gasteiger partial charge >= 0.3 is 173 Å². The first kappa shape index (κ1) is 23.8. The molecule has 29 heavy (non-hydrogen) atoms. The van der Waals surface area contributed by atoms with Crippen LogP contribution in [0.1, 0.15) is 67.2 Å². The summed E-state index contributed by atoms with van der Waals surface area (Å²) in [6.45, 7) is 12.6. The minimum atomic E-state index is -4.70. The zero-order valence-electron chi connectivity index (χ0n) is 18.4. The molecule has 2 rings (SSSR count). The molecule has 1 spiro atoms. The van der Waals surface area contributed by atoms with Crippen LogP contribution in [0.15, 0.2) is 0 Å². The van der Waals surface area contributed by atoms with Gasteiger partial charge in [-0.15, -0.1) is 0 Å². The van der Waals surface area contributed by atoms with Crippen molar-refractivity contribution in [3.8, 4) is 0 Å². The molecule has 0 aromatic rings. The summed E-state index contributed by atoms with van der Waals surface area (Å²) >= 11 is 0. The average molecular weight is 433 g/mol. The van der Waals surface area contributed by atoms with E-state index < -0.39 is 37.7 Å². The first-order valence-corrected chi connectivity index (χ1v) is 12.7. The third-order valence-electron chi connectivity index (χ3n) is 5.66. The maximum atomic E-state index is 13.0. The fourth-order valence-corrected chi connectivity index (χ4v) is 6.96. The van der Waals surface area contributed by atoms with Gasteiger partial charge in [0.2, 0.25) is 0 Å². The quantitative estimate of drug-likeness (QED) is 0.532. The van der Waals surface area contributed by atoms with E-state index in [0.29, 0.717) is 25.9 Å². The summed E-state index contributed by atoms with van der Waals surface area (Å²) in [6, 6.07) is -1.46. The molecule has 0 radical (unpaired) electrons. The Morgan fingerprint density at radius 1 is 0.966 bits per heavy atom. The molecule has 2 fully saturated rings. The van der Waals surface area contributed by atoms with Gasteiger partial charge in [-0.1, -0.05) is 0 Å². The average Bonchev–Trinajstić information content (AvgIpc) is 3.13. The number of rotatable bonds is 9. The van der Waals surface area contributed by atoms with Gasteiger partial charge in [-0.3, -0.25) is 0 Å². The number of nitrogens with one attached hydrogen (secondary N) is 2. The Morgan fingerprint density at radius 2 is 1.38 bits per heavy atom. The van der Waals surface area contributed by atoms with Crippen molar-refractivity contribution in [1.29, 1.82) is 0 Å². The second-order valence-electron chi connectivity index (χ2n) is 8.03. The first-order valence-electron chi connectivity index (χ1n) is 10.7. The molecule has 0 aromatic heterocycles. The summed E-state index contributed by atoms with van der Waals surface area (Å²) in [7, 11) is -4.70. The van der Waals surface area contributed by atoms with Gasteiger partial charge in [0.1, 0.15) is 0 Å². The number of amides is 1. The maximum absolute atomic E-state index is 13.0. The summed E-state index contributed by atoms with van der Waals surface area (Å²) in [6.07, 6.45) is 2.23. The van der Waals surface area contributed by atoms with E-state index in [2.05, 4.69) is 10.2 Å². The van der Waals surface area contributed by atoms with Crippen molar-refractivity contribution in [1.82, 2.24) is 15.1 Å². The van der Waals surface area contributed by atoms with Crippen LogP contribution in [0.4, 0.5) is 4.79 Å². The van der Waals surface area contributed by atoms with E-state index in [-0.39, 0.29) is 11.8 Å². The van der Waals surface area contributed by atoms with Crippen LogP contribution in [0.3, 0.4) is 0 Å². The van der Waals surface area contributed by atoms with Crippen LogP contribution in [0.25, 0.3) is 0 Å². The minimum absolute atomic E-state index is 0.0896. The van der Waals surface area contributed by atoms with Crippen molar-refractivity contribution < 1.29 is 28.0 Å². The molecule has 10 heteroatoms. The zero-order chi connectivity index (χ0) is 21.8. The number of carbonyl (C=O) groups excluding carboxylic acids is 3. The summed E-state index contributed by atoms with van der Waals surface area (Å²) in [4.78, 5) is 40.0. The van der Waals surface area contributed by atoms with E-state index in [1.807, 2.05) is 41.5 Å². The molecule has 0 saturated carbocycles. The normalized spacial score (nSPS) is 28.1. The molecule has 4 unspecified atom stereocenters. The van der Waals surface area contributed by atoms with E-state index in [1.54, 1.807) is 4.90 Å². The molecular weight excluding hydrogens is 397 g/mol. The number of hydrogen-bond donors (Lipinski definition) is 2. The Bertz CT molecular complexity index is 601. The van der Waals surface area contributed by atoms with Gasteiger partial charge in [0.25, 0.3) is 0 Å². The van der Waals surface area contributed by atoms with Crippen molar-refractivity contribution in [3.05, 3.63) is 0 Å². The van der Waals surface area contributed by atoms with E-state index in [4.69, 9.17) is 13.6 Å². The predicted octanol–water partition coefficient (Wildman–Crippen LogP) is 3.50. The molecule has 168 valence electrons. The van der Waals surface area contributed by atoms with Crippen LogP contribution in [-0.4, -0.2) is 48.1 Å². The van der Waals surface area contributed by atoms with Crippen molar-refractivity contribution >= 4 is 25.6 Å². The summed E-state index contributed by atoms with van der Waals surface area (Å²) < 4.78 is 17.1. The third-order valence-corrected chi connectivity index (χ3v) is 8.62. The molecule has 2 saturated heterocycles. The van der Waals surface area contributed by atoms with E-state index in [1.165, 1.54) is 0 Å². The van der Waals surface area contributed by atoms with Crippen molar-refractivity contribution in [2.75, 3.05) is 13.1 Å². The monoisotopic (exact) mass is 433 g/mol. The molecule has 0 bridgehead atoms. The molecule has 2 aliphatic rings. The van der Waals surface area contributed by atoms with Crippen LogP contribution in [-0.2, 0) is 23.2 Å². The molecular formula is C19H36N3O6P. The molecule has 2 aliphatic heterocycles. The van der Waals surface area contributed by atoms with Crippen LogP contribution in [0.2, 0.25) is 0 Å². The van der Waals surface area contributed by atoms with E-state index >= 15 is 0 Å². The molecule has 2 N–H and O–H groups in total. The molecule has 1 amide bonds. The predicted molar refractivity (Wildman–Crippen MR) is 110 cm³/mol. The molecule has 0 aromatic carbocycles. The van der Waals surface area contributed by atoms with Gasteiger partial charge in [-0.05, 0) is 0 Å². The summed E-state index contributed by atoms with van der Waals surface area (Å²) in [5, 5.41) is 6.05. The number of carbonyl (C=O) groups is 3. The standard InChI is InChI=1S/C19H36N3O6P/c1-7-11-22(12-8-2)19(25)28-29(20-15(13(5)9-3)17(23)26-29)21-16(14(6)10-4)18(24)27-29/h13-16,20-21H,7-12H2,1-6H3. The fourth-order valence-electron chi connectivity index (χ4n) is 3.50. The third kappa shape index (κ3) is 4.67. The Hall–Kier alpha value is -1.44. The van der Waals surface area contributed by atoms with Gasteiger partial charge < -0.3 is 0 Å². The molecule has 4 atom stereocenters. The SMILES string of the molecule is CCCN(CCC)C(=O)OP12(NC(C(C)CC)C(=O)O1)NC(C(C)CC)C(=O)O2. The second-order valence-corrected chi connectivity index (χ2v) is 10.9. The van der Waals surface area contributed by atoms with E-state index in [0.717, 1.165) is 12.8 Å². The zero-order valence-corrected chi connectivity index (χ0v) is 19.3. The van der Waals surface area contributed by atoms with Gasteiger partial charge in [0.15, 0.2) is 0 Å². The van der Waals surface area contributed by atoms with Gasteiger partial charge in [-0.25, -0.2) is 0 Å². The van der Waals surface area contributed by atoms with Crippen LogP contribution >= 0.6 is 7.59 Å². The Labute approximate surface area is 173 Å². The van der Waals surface area contributed by atoms with Gasteiger partial charge in [0.05, 0.1) is 0 Å². The fraction of sp³-hybridized carbons (Fsp3) is 0.842. The van der Waals surface area contributed by atoms with Crippen molar-refractivity contribution in [2.45, 2.75) is 79.3 Å². The Morgan fingerprint density at radius 3 is 1.72 bits per heavy atom. The number of nitrogens with zero attached hydrogens (tertiary/aromatic N) is 1. The number of hydrogen-bond acceptors (Lipinski definition) is 8. The summed E-state index contributed by atoms with van der Waals surface area (Å²) in [5.74, 6) is -1.33. The van der Waals surface area contributed by atoms with Crippen molar-refractivity contribution in [2.24, 2.45) is 11.8 Å². The van der Waals surface area contributed by atoms with Gasteiger partial charge in [0, 0.05) is 0 Å². The van der Waals surface area contributed by atoms with Gasteiger partial charge in [-0.2, -0.15) is 0 Å². The second kappa shape index (κ2) is 9.14. The van der Waals surface area contributed by atoms with Crippen LogP contribution in [0.5, 0.6) is 0 Å². The Kier molecular flexibility index (Phi) is 7.52. The van der Waals surface area contributed by atoms with Crippen molar-refractivity contribution in [3.63, 3.8) is 0 Å². The van der Waals surface area contributed by atoms with Crippen LogP contribution in [0, 0.1) is 11.8 Å². The first-order chi connectivity index (χ1) is 13.6. The summed E-state index contributed by atoms with van der Waals surface area (Å²) in [5.41, 5.74) is 0. The Balaban J connectivity index is 2.42. The molecule has 9 nitrogen and oxygen atoms in total.